The maximum atomic E-state index is 12.5. The molecule has 17 nitrogen and oxygen atoms in total. The molecule has 1 fully saturated rings. The minimum Gasteiger partial charge on any atom is -1.00 e. The average Bonchev–Trinajstić information content (AvgIpc) is 1.47. The summed E-state index contributed by atoms with van der Waals surface area (Å²) >= 11 is 8.56. The molecule has 590 valence electrons. The molecule has 0 amide bonds. The van der Waals surface area contributed by atoms with Gasteiger partial charge in [-0.05, 0) is 205 Å². The summed E-state index contributed by atoms with van der Waals surface area (Å²) in [5, 5.41) is 55.2. The molecule has 0 spiro atoms. The van der Waals surface area contributed by atoms with E-state index >= 15 is 0 Å². The van der Waals surface area contributed by atoms with Crippen LogP contribution in [0.4, 0.5) is 0 Å². The van der Waals surface area contributed by atoms with E-state index in [1.165, 1.54) is 71.1 Å². The number of carbonyl (C=O) groups excluding carboxylic acids is 4. The van der Waals surface area contributed by atoms with Gasteiger partial charge in [0.15, 0.2) is 0 Å². The zero-order chi connectivity index (χ0) is 80.2. The van der Waals surface area contributed by atoms with Crippen molar-refractivity contribution in [3.63, 3.8) is 0 Å². The van der Waals surface area contributed by atoms with Crippen LogP contribution in [-0.2, 0) is 14.2 Å². The number of pyridine rings is 4. The Morgan fingerprint density at radius 2 is 0.845 bits per heavy atom. The van der Waals surface area contributed by atoms with Crippen molar-refractivity contribution < 1.29 is 107 Å². The molecule has 5 N–H and O–H groups in total. The predicted molar refractivity (Wildman–Crippen MR) is 460 cm³/mol. The Morgan fingerprint density at radius 3 is 1.22 bits per heavy atom. The largest absolute Gasteiger partial charge is 2.00 e. The number of fused-ring (bicyclic) bond motifs is 3. The molecule has 8 aromatic heterocycles. The first-order chi connectivity index (χ1) is 54.0. The first-order valence-corrected chi connectivity index (χ1v) is 40.0. The second-order valence-corrected chi connectivity index (χ2v) is 32.3. The van der Waals surface area contributed by atoms with Crippen molar-refractivity contribution in [1.82, 2.24) is 19.9 Å². The normalized spacial score (nSPS) is 12.3. The number of aliphatic hydroxyl groups is 2. The van der Waals surface area contributed by atoms with E-state index in [4.69, 9.17) is 24.3 Å². The molecule has 15 rings (SSSR count). The monoisotopic (exact) mass is 1740 g/mol. The number of esters is 3. The third-order valence-electron chi connectivity index (χ3n) is 17.3. The summed E-state index contributed by atoms with van der Waals surface area (Å²) in [7, 11) is -1.38. The number of nitrogens with zero attached hydrogens (tertiary/aromatic N) is 4. The van der Waals surface area contributed by atoms with Gasteiger partial charge in [0.25, 0.3) is 0 Å². The number of aldehydes is 1. The molecule has 27 heteroatoms. The number of benzene rings is 6. The molecule has 1 aliphatic rings. The number of carbonyl (C=O) groups is 5. The van der Waals surface area contributed by atoms with Gasteiger partial charge in [0.1, 0.15) is 38.0 Å². The number of hydrogen-bond acceptors (Lipinski definition) is 20. The minimum absolute atomic E-state index is 0. The van der Waals surface area contributed by atoms with Gasteiger partial charge in [-0.3, -0.25) is 24.7 Å². The van der Waals surface area contributed by atoms with Crippen molar-refractivity contribution in [3.05, 3.63) is 319 Å². The molecule has 0 radical (unpaired) electrons. The van der Waals surface area contributed by atoms with Gasteiger partial charge in [0.2, 0.25) is 0 Å². The van der Waals surface area contributed by atoms with Crippen LogP contribution in [0.25, 0.3) is 63.6 Å². The second kappa shape index (κ2) is 48.9. The molecule has 6 aromatic carbocycles. The first kappa shape index (κ1) is 98.0. The second-order valence-electron chi connectivity index (χ2n) is 26.6. The number of ether oxygens (including phenoxy) is 3. The first-order valence-electron chi connectivity index (χ1n) is 36.0. The summed E-state index contributed by atoms with van der Waals surface area (Å²) in [6, 6.07) is 66.3. The summed E-state index contributed by atoms with van der Waals surface area (Å²) in [6.45, 7) is 15.8. The van der Waals surface area contributed by atoms with Crippen LogP contribution in [0.5, 0.6) is 0 Å². The van der Waals surface area contributed by atoms with E-state index < -0.39 is 31.3 Å². The molecule has 1 saturated carbocycles. The smallest absolute Gasteiger partial charge is 1.00 e. The number of aliphatic hydroxyl groups excluding tert-OH is 2. The van der Waals surface area contributed by atoms with Crippen molar-refractivity contribution in [3.8, 4) is 31.3 Å². The van der Waals surface area contributed by atoms with E-state index in [9.17, 15) is 39.3 Å². The Balaban J connectivity index is 0.000000251. The molecule has 1 aliphatic carbocycles. The van der Waals surface area contributed by atoms with Gasteiger partial charge in [0.05, 0.1) is 23.6 Å². The van der Waals surface area contributed by atoms with Crippen LogP contribution in [0.2, 0.25) is 0 Å². The molecule has 14 aromatic rings. The number of rotatable bonds is 16. The number of halogens is 3. The van der Waals surface area contributed by atoms with Crippen molar-refractivity contribution in [2.75, 3.05) is 19.8 Å². The van der Waals surface area contributed by atoms with Crippen LogP contribution in [0.15, 0.2) is 266 Å². The fourth-order valence-electron chi connectivity index (χ4n) is 12.1. The van der Waals surface area contributed by atoms with Gasteiger partial charge in [-0.2, -0.15) is 10.8 Å². The standard InChI is InChI=1S/C23H19NO3S.C21H15NO3S.C12H11NO2S.C11H8O.C10H19.C7H7BrO2S.C5H6BNO2.2ClH.Li.Mg/c1-2-27-23(26)22-19(14-20(28-22)16-9-11-24-12-10-16)21(25)18-8-7-15-5-3-4-6-17(15)13-18;23-19(16-6-5-13-3-1-2-4-15(13)11-16)17-12-18(26-20(17)21(24)25)14-7-9-22-10-8-14;1-2-15-12(14)11-4-3-10(16-11)9-5-7-13-8-6-9;12-8-9-5-6-10-3-1-2-4-11(10)7-9;1-9(2)6-5-7-10(3,4)8-9;1-2-10-7(9)5-3-4-6(8)11-5;8-6(9)5-1-3-7-4-2-5;;;;/h3-14,21,25H,2H2,1H3;1-12,19,23H,(H,24,25);3-8H,2H2,1H3;1-8H;8H,5-7H2,1-4H3;3-4H,2H2,1H3;1-4,8-9H;2*1H;;/q;;;;-1;;;;;+1;+2/p-2. The van der Waals surface area contributed by atoms with E-state index in [1.807, 2.05) is 182 Å². The van der Waals surface area contributed by atoms with Gasteiger partial charge in [-0.15, -0.1) is 45.3 Å². The Kier molecular flexibility index (Phi) is 41.3. The van der Waals surface area contributed by atoms with Crippen LogP contribution >= 0.6 is 61.3 Å². The van der Waals surface area contributed by atoms with Gasteiger partial charge < -0.3 is 70.8 Å². The number of aromatic nitrogens is 4. The zero-order valence-electron chi connectivity index (χ0n) is 65.2. The molecule has 0 aliphatic heterocycles. The topological polar surface area (TPSA) is 266 Å². The molecule has 8 heterocycles. The number of thiophene rings is 4. The van der Waals surface area contributed by atoms with Crippen LogP contribution in [0.3, 0.4) is 0 Å². The summed E-state index contributed by atoms with van der Waals surface area (Å²) in [6.07, 6.45) is 18.8. The Hall–Kier alpha value is -8.62. The average molecular weight is 1740 g/mol. The van der Waals surface area contributed by atoms with E-state index in [1.54, 1.807) is 88.3 Å². The fourth-order valence-corrected chi connectivity index (χ4v) is 16.4. The Morgan fingerprint density at radius 1 is 0.474 bits per heavy atom. The zero-order valence-corrected chi connectivity index (χ0v) is 73.0. The summed E-state index contributed by atoms with van der Waals surface area (Å²) < 4.78 is 15.9. The van der Waals surface area contributed by atoms with Gasteiger partial charge in [0, 0.05) is 80.9 Å². The molecule has 0 saturated heterocycles. The van der Waals surface area contributed by atoms with Crippen LogP contribution in [0.1, 0.15) is 151 Å². The van der Waals surface area contributed by atoms with E-state index in [-0.39, 0.29) is 90.2 Å². The number of hydrogen-bond donors (Lipinski definition) is 5. The maximum Gasteiger partial charge on any atom is 2.00 e. The molecular weight excluding hydrogens is 1650 g/mol. The van der Waals surface area contributed by atoms with E-state index in [0.29, 0.717) is 60.8 Å². The minimum atomic E-state index is -1.38. The number of carboxylic acid groups (broad SMARTS) is 1. The third kappa shape index (κ3) is 29.2. The van der Waals surface area contributed by atoms with Crippen molar-refractivity contribution >= 4 is 159 Å². The molecule has 2 atom stereocenters. The fraction of sp³-hybridized carbons (Fsp3) is 0.191. The van der Waals surface area contributed by atoms with Crippen LogP contribution in [0, 0.1) is 17.3 Å². The summed E-state index contributed by atoms with van der Waals surface area (Å²) in [5.74, 6) is -1.95. The summed E-state index contributed by atoms with van der Waals surface area (Å²) in [4.78, 5) is 77.4. The Labute approximate surface area is 741 Å². The number of aromatic carboxylic acids is 1. The third-order valence-corrected chi connectivity index (χ3v) is 22.4. The van der Waals surface area contributed by atoms with Crippen LogP contribution < -0.4 is 49.1 Å². The quantitative estimate of drug-likeness (QED) is 0.0198. The van der Waals surface area contributed by atoms with Gasteiger partial charge in [-0.1, -0.05) is 156 Å². The molecule has 0 bridgehead atoms. The SMILES string of the molecule is CC1(C)[CH-]C(C)(C)CCC1.CCOC(=O)c1ccc(-c2ccncc2)s1.CCOC(=O)c1ccc(Br)s1.CCOC(=O)c1sc(-c2ccncc2)cc1C(O)c1ccc2ccccc2c1.O=C(O)c1sc(-c2ccncc2)cc1C(O)c1ccc2ccccc2c1.O=Cc1ccc2ccccc2c1.OB(O)c1ccncc1.[Cl-].[Cl-].[Li+].[Mg+2]. The number of carboxylic acids is 1. The van der Waals surface area contributed by atoms with Gasteiger partial charge >= 0.3 is 72.9 Å². The van der Waals surface area contributed by atoms with Crippen molar-refractivity contribution in [2.45, 2.75) is 79.9 Å². The maximum absolute atomic E-state index is 12.5. The summed E-state index contributed by atoms with van der Waals surface area (Å²) in [5.41, 5.74) is 7.44. The van der Waals surface area contributed by atoms with E-state index in [2.05, 4.69) is 70.0 Å². The molecule has 116 heavy (non-hydrogen) atoms. The van der Waals surface area contributed by atoms with Crippen LogP contribution in [-0.4, -0.2) is 125 Å². The predicted octanol–water partition coefficient (Wildman–Crippen LogP) is 11.1. The Bertz CT molecular complexity index is 5390. The molecule has 2 unspecified atom stereocenters. The molecular formula is C89H85BBrCl2LiMgN4O13S4. The van der Waals surface area contributed by atoms with Gasteiger partial charge in [-0.25, -0.2) is 19.2 Å². The van der Waals surface area contributed by atoms with Crippen molar-refractivity contribution in [2.24, 2.45) is 10.8 Å². The van der Waals surface area contributed by atoms with Crippen molar-refractivity contribution in [1.29, 1.82) is 0 Å². The van der Waals surface area contributed by atoms with E-state index in [0.717, 1.165) is 90.8 Å².